The lowest BCUT2D eigenvalue weighted by atomic mass is 10.1. The predicted molar refractivity (Wildman–Crippen MR) is 80.9 cm³/mol. The van der Waals surface area contributed by atoms with Gasteiger partial charge in [0.25, 0.3) is 0 Å². The molecule has 0 spiro atoms. The van der Waals surface area contributed by atoms with E-state index in [1.807, 2.05) is 6.07 Å². The summed E-state index contributed by atoms with van der Waals surface area (Å²) in [6.07, 6.45) is 0. The number of thiophene rings is 1. The van der Waals surface area contributed by atoms with Crippen LogP contribution in [0.4, 0.5) is 0 Å². The van der Waals surface area contributed by atoms with E-state index in [2.05, 4.69) is 43.4 Å². The SMILES string of the molecule is Cc1nc(C)c(C(C)NC(C)c2csc(Cl)c2)s1. The molecule has 0 aliphatic rings. The molecule has 0 aliphatic carbocycles. The van der Waals surface area contributed by atoms with Gasteiger partial charge in [-0.3, -0.25) is 0 Å². The molecule has 2 atom stereocenters. The predicted octanol–water partition coefficient (Wildman–Crippen LogP) is 4.89. The van der Waals surface area contributed by atoms with E-state index in [0.717, 1.165) is 15.0 Å². The second-order valence-electron chi connectivity index (χ2n) is 4.48. The quantitative estimate of drug-likeness (QED) is 0.870. The Kier molecular flexibility index (Phi) is 4.43. The normalized spacial score (nSPS) is 14.7. The highest BCUT2D eigenvalue weighted by atomic mass is 35.5. The molecule has 2 heterocycles. The molecule has 0 fully saturated rings. The van der Waals surface area contributed by atoms with E-state index in [1.54, 1.807) is 22.7 Å². The number of nitrogens with zero attached hydrogens (tertiary/aromatic N) is 1. The molecule has 98 valence electrons. The zero-order chi connectivity index (χ0) is 13.3. The van der Waals surface area contributed by atoms with Gasteiger partial charge in [-0.05, 0) is 44.7 Å². The highest BCUT2D eigenvalue weighted by Gasteiger charge is 2.16. The van der Waals surface area contributed by atoms with Crippen molar-refractivity contribution in [2.45, 2.75) is 39.8 Å². The molecule has 2 aromatic rings. The van der Waals surface area contributed by atoms with Gasteiger partial charge < -0.3 is 5.32 Å². The maximum absolute atomic E-state index is 5.97. The maximum Gasteiger partial charge on any atom is 0.0931 e. The zero-order valence-corrected chi connectivity index (χ0v) is 13.3. The fraction of sp³-hybridized carbons (Fsp3) is 0.462. The Labute approximate surface area is 121 Å². The summed E-state index contributed by atoms with van der Waals surface area (Å²) >= 11 is 9.32. The maximum atomic E-state index is 5.97. The summed E-state index contributed by atoms with van der Waals surface area (Å²) in [7, 11) is 0. The van der Waals surface area contributed by atoms with Crippen molar-refractivity contribution in [3.8, 4) is 0 Å². The highest BCUT2D eigenvalue weighted by molar-refractivity contribution is 7.14. The van der Waals surface area contributed by atoms with Crippen molar-refractivity contribution in [2.75, 3.05) is 0 Å². The van der Waals surface area contributed by atoms with Gasteiger partial charge in [0.15, 0.2) is 0 Å². The van der Waals surface area contributed by atoms with Gasteiger partial charge in [-0.25, -0.2) is 4.98 Å². The Hall–Kier alpha value is -0.420. The lowest BCUT2D eigenvalue weighted by Crippen LogP contribution is -2.21. The van der Waals surface area contributed by atoms with Crippen LogP contribution in [0, 0.1) is 13.8 Å². The molecule has 0 aliphatic heterocycles. The van der Waals surface area contributed by atoms with Crippen molar-refractivity contribution in [1.82, 2.24) is 10.3 Å². The third-order valence-electron chi connectivity index (χ3n) is 2.92. The van der Waals surface area contributed by atoms with Gasteiger partial charge in [0, 0.05) is 17.0 Å². The summed E-state index contributed by atoms with van der Waals surface area (Å²) in [5, 5.41) is 6.83. The Morgan fingerprint density at radius 3 is 2.50 bits per heavy atom. The van der Waals surface area contributed by atoms with Crippen LogP contribution in [0.3, 0.4) is 0 Å². The molecule has 0 saturated carbocycles. The molecule has 2 nitrogen and oxygen atoms in total. The van der Waals surface area contributed by atoms with Gasteiger partial charge >= 0.3 is 0 Å². The third kappa shape index (κ3) is 3.12. The van der Waals surface area contributed by atoms with Crippen LogP contribution in [0.15, 0.2) is 11.4 Å². The monoisotopic (exact) mass is 300 g/mol. The van der Waals surface area contributed by atoms with Crippen molar-refractivity contribution in [3.05, 3.63) is 36.9 Å². The molecular formula is C13H17ClN2S2. The fourth-order valence-corrected chi connectivity index (χ4v) is 3.97. The van der Waals surface area contributed by atoms with Crippen LogP contribution in [0.1, 0.15) is 47.1 Å². The largest absolute Gasteiger partial charge is 0.303 e. The average Bonchev–Trinajstić information content (AvgIpc) is 2.84. The summed E-state index contributed by atoms with van der Waals surface area (Å²) in [4.78, 5) is 5.80. The minimum atomic E-state index is 0.297. The first-order valence-electron chi connectivity index (χ1n) is 5.91. The van der Waals surface area contributed by atoms with Crippen molar-refractivity contribution >= 4 is 34.3 Å². The first-order chi connectivity index (χ1) is 8.47. The Balaban J connectivity index is 2.07. The number of rotatable bonds is 4. The fourth-order valence-electron chi connectivity index (χ4n) is 2.05. The van der Waals surface area contributed by atoms with Crippen molar-refractivity contribution in [2.24, 2.45) is 0 Å². The third-order valence-corrected chi connectivity index (χ3v) is 5.29. The summed E-state index contributed by atoms with van der Waals surface area (Å²) in [6.45, 7) is 8.47. The standard InChI is InChI=1S/C13H17ClN2S2/c1-7(11-5-12(14)17-6-11)15-8(2)13-9(3)16-10(4)18-13/h5-8,15H,1-4H3. The van der Waals surface area contributed by atoms with Gasteiger partial charge in [0.2, 0.25) is 0 Å². The van der Waals surface area contributed by atoms with Crippen LogP contribution in [0.25, 0.3) is 0 Å². The second kappa shape index (κ2) is 5.70. The van der Waals surface area contributed by atoms with Crippen molar-refractivity contribution in [3.63, 3.8) is 0 Å². The van der Waals surface area contributed by atoms with E-state index in [9.17, 15) is 0 Å². The minimum absolute atomic E-state index is 0.297. The van der Waals surface area contributed by atoms with Crippen LogP contribution < -0.4 is 5.32 Å². The first kappa shape index (κ1) is 14.0. The topological polar surface area (TPSA) is 24.9 Å². The van der Waals surface area contributed by atoms with Gasteiger partial charge in [-0.15, -0.1) is 22.7 Å². The molecular weight excluding hydrogens is 284 g/mol. The molecule has 2 rings (SSSR count). The van der Waals surface area contributed by atoms with Crippen molar-refractivity contribution in [1.29, 1.82) is 0 Å². The van der Waals surface area contributed by atoms with E-state index < -0.39 is 0 Å². The molecule has 18 heavy (non-hydrogen) atoms. The minimum Gasteiger partial charge on any atom is -0.303 e. The van der Waals surface area contributed by atoms with Crippen LogP contribution in [0.2, 0.25) is 4.34 Å². The molecule has 2 unspecified atom stereocenters. The number of aromatic nitrogens is 1. The van der Waals surface area contributed by atoms with E-state index in [0.29, 0.717) is 12.1 Å². The Bertz CT molecular complexity index is 533. The smallest absolute Gasteiger partial charge is 0.0931 e. The summed E-state index contributed by atoms with van der Waals surface area (Å²) in [5.41, 5.74) is 2.38. The highest BCUT2D eigenvalue weighted by Crippen LogP contribution is 2.29. The van der Waals surface area contributed by atoms with Crippen LogP contribution in [-0.4, -0.2) is 4.98 Å². The van der Waals surface area contributed by atoms with Gasteiger partial charge in [0.05, 0.1) is 15.0 Å². The average molecular weight is 301 g/mol. The Morgan fingerprint density at radius 2 is 2.00 bits per heavy atom. The van der Waals surface area contributed by atoms with Crippen LogP contribution in [0.5, 0.6) is 0 Å². The molecule has 0 aromatic carbocycles. The van der Waals surface area contributed by atoms with Gasteiger partial charge in [0.1, 0.15) is 0 Å². The number of thiazole rings is 1. The number of nitrogens with one attached hydrogen (secondary N) is 1. The molecule has 1 N–H and O–H groups in total. The number of halogens is 1. The molecule has 2 aromatic heterocycles. The Morgan fingerprint density at radius 1 is 1.28 bits per heavy atom. The van der Waals surface area contributed by atoms with E-state index in [-0.39, 0.29) is 0 Å². The lowest BCUT2D eigenvalue weighted by Gasteiger charge is -2.18. The van der Waals surface area contributed by atoms with Gasteiger partial charge in [-0.2, -0.15) is 0 Å². The molecule has 0 saturated heterocycles. The summed E-state index contributed by atoms with van der Waals surface area (Å²) < 4.78 is 0.844. The molecule has 0 radical (unpaired) electrons. The van der Waals surface area contributed by atoms with E-state index in [4.69, 9.17) is 11.6 Å². The number of aryl methyl sites for hydroxylation is 2. The summed E-state index contributed by atoms with van der Waals surface area (Å²) in [5.74, 6) is 0. The van der Waals surface area contributed by atoms with E-state index in [1.165, 1.54) is 10.4 Å². The molecule has 0 bridgehead atoms. The zero-order valence-electron chi connectivity index (χ0n) is 11.0. The summed E-state index contributed by atoms with van der Waals surface area (Å²) in [6, 6.07) is 2.64. The van der Waals surface area contributed by atoms with Crippen LogP contribution >= 0.6 is 34.3 Å². The van der Waals surface area contributed by atoms with E-state index >= 15 is 0 Å². The molecule has 0 amide bonds. The first-order valence-corrected chi connectivity index (χ1v) is 7.98. The van der Waals surface area contributed by atoms with Crippen molar-refractivity contribution < 1.29 is 0 Å². The number of hydrogen-bond donors (Lipinski definition) is 1. The van der Waals surface area contributed by atoms with Gasteiger partial charge in [-0.1, -0.05) is 11.6 Å². The lowest BCUT2D eigenvalue weighted by molar-refractivity contribution is 0.499. The molecule has 5 heteroatoms. The second-order valence-corrected chi connectivity index (χ2v) is 7.25. The van der Waals surface area contributed by atoms with Crippen LogP contribution in [-0.2, 0) is 0 Å². The number of hydrogen-bond acceptors (Lipinski definition) is 4.